The minimum absolute atomic E-state index is 1.04. The highest BCUT2D eigenvalue weighted by Crippen LogP contribution is 2.13. The number of hydrogen-bond acceptors (Lipinski definition) is 1. The Morgan fingerprint density at radius 2 is 1.93 bits per heavy atom. The molecule has 0 atom stereocenters. The molecule has 0 saturated carbocycles. The molecule has 1 aromatic rings. The summed E-state index contributed by atoms with van der Waals surface area (Å²) in [7, 11) is 0. The summed E-state index contributed by atoms with van der Waals surface area (Å²) in [5.41, 5.74) is 4.02. The van der Waals surface area contributed by atoms with Gasteiger partial charge in [-0.25, -0.2) is 0 Å². The predicted molar refractivity (Wildman–Crippen MR) is 83.4 cm³/mol. The maximum Gasteiger partial charge on any atom is 0.0439 e. The van der Waals surface area contributed by atoms with Crippen LogP contribution in [-0.4, -0.2) is 13.8 Å². The van der Waals surface area contributed by atoms with Crippen LogP contribution in [0.2, 0.25) is 0 Å². The average molecular weight is 429 g/mol. The lowest BCUT2D eigenvalue weighted by Gasteiger charge is -2.08. The van der Waals surface area contributed by atoms with Gasteiger partial charge in [-0.15, -0.1) is 0 Å². The number of pyridine rings is 1. The second kappa shape index (κ2) is 7.81. The first-order valence-corrected chi connectivity index (χ1v) is 8.46. The molecule has 1 aromatic heterocycles. The molecule has 84 valence electrons. The zero-order valence-corrected chi connectivity index (χ0v) is 13.4. The summed E-state index contributed by atoms with van der Waals surface area (Å²) in [5.74, 6) is 0. The molecule has 0 fully saturated rings. The molecular weight excluding hydrogens is 412 g/mol. The second-order valence-electron chi connectivity index (χ2n) is 3.49. The van der Waals surface area contributed by atoms with Crippen molar-refractivity contribution < 1.29 is 0 Å². The fourth-order valence-corrected chi connectivity index (χ4v) is 2.51. The fourth-order valence-electron chi connectivity index (χ4n) is 1.55. The second-order valence-corrected chi connectivity index (χ2v) is 5.65. The van der Waals surface area contributed by atoms with Crippen LogP contribution >= 0.6 is 45.2 Å². The molecule has 0 aliphatic heterocycles. The summed E-state index contributed by atoms with van der Waals surface area (Å²) in [6.07, 6.45) is 4.59. The van der Waals surface area contributed by atoms with E-state index in [1.165, 1.54) is 32.2 Å². The lowest BCUT2D eigenvalue weighted by Crippen LogP contribution is -2.02. The van der Waals surface area contributed by atoms with Gasteiger partial charge in [-0.1, -0.05) is 58.2 Å². The van der Waals surface area contributed by atoms with Crippen LogP contribution in [0.4, 0.5) is 0 Å². The van der Waals surface area contributed by atoms with Crippen LogP contribution in [0.5, 0.6) is 0 Å². The number of nitrogens with zero attached hydrogens (tertiary/aromatic N) is 1. The number of aryl methyl sites for hydroxylation is 3. The molecule has 1 nitrogen and oxygen atoms in total. The molecule has 0 aliphatic rings. The highest BCUT2D eigenvalue weighted by Gasteiger charge is 2.04. The van der Waals surface area contributed by atoms with Gasteiger partial charge in [0.2, 0.25) is 0 Å². The molecule has 0 bridgehead atoms. The number of rotatable bonds is 6. The van der Waals surface area contributed by atoms with Gasteiger partial charge < -0.3 is 0 Å². The van der Waals surface area contributed by atoms with Crippen molar-refractivity contribution in [2.75, 3.05) is 8.86 Å². The van der Waals surface area contributed by atoms with Gasteiger partial charge >= 0.3 is 0 Å². The Morgan fingerprint density at radius 1 is 1.13 bits per heavy atom. The van der Waals surface area contributed by atoms with Crippen LogP contribution in [0, 0.1) is 0 Å². The van der Waals surface area contributed by atoms with Gasteiger partial charge in [0.25, 0.3) is 0 Å². The van der Waals surface area contributed by atoms with Crippen molar-refractivity contribution in [3.8, 4) is 0 Å². The third kappa shape index (κ3) is 4.54. The molecule has 0 N–H and O–H groups in total. The molecule has 3 heteroatoms. The summed E-state index contributed by atoms with van der Waals surface area (Å²) >= 11 is 4.87. The van der Waals surface area contributed by atoms with E-state index in [1.807, 2.05) is 0 Å². The largest absolute Gasteiger partial charge is 0.258 e. The van der Waals surface area contributed by atoms with Crippen molar-refractivity contribution in [2.24, 2.45) is 0 Å². The van der Waals surface area contributed by atoms with Gasteiger partial charge in [0, 0.05) is 15.8 Å². The number of aromatic nitrogens is 1. The van der Waals surface area contributed by atoms with E-state index < -0.39 is 0 Å². The topological polar surface area (TPSA) is 12.9 Å². The fraction of sp³-hybridized carbons (Fsp3) is 0.583. The summed E-state index contributed by atoms with van der Waals surface area (Å²) < 4.78 is 2.40. The van der Waals surface area contributed by atoms with Gasteiger partial charge in [-0.3, -0.25) is 4.98 Å². The number of halogens is 2. The van der Waals surface area contributed by atoms with E-state index in [0.29, 0.717) is 0 Å². The smallest absolute Gasteiger partial charge is 0.0439 e. The van der Waals surface area contributed by atoms with Crippen LogP contribution in [0.25, 0.3) is 0 Å². The first-order chi connectivity index (χ1) is 7.31. The highest BCUT2D eigenvalue weighted by molar-refractivity contribution is 14.1. The molecule has 0 aromatic carbocycles. The van der Waals surface area contributed by atoms with Crippen molar-refractivity contribution >= 4 is 45.2 Å². The maximum absolute atomic E-state index is 4.74. The quantitative estimate of drug-likeness (QED) is 0.493. The minimum atomic E-state index is 1.04. The van der Waals surface area contributed by atoms with Crippen LogP contribution in [0.3, 0.4) is 0 Å². The Kier molecular flexibility index (Phi) is 7.12. The third-order valence-electron chi connectivity index (χ3n) is 2.40. The Hall–Kier alpha value is 0.610. The predicted octanol–water partition coefficient (Wildman–Crippen LogP) is 3.99. The van der Waals surface area contributed by atoms with E-state index in [9.17, 15) is 0 Å². The summed E-state index contributed by atoms with van der Waals surface area (Å²) in [6, 6.07) is 4.45. The van der Waals surface area contributed by atoms with E-state index >= 15 is 0 Å². The molecular formula is C12H17I2N. The molecule has 0 radical (unpaired) electrons. The lowest BCUT2D eigenvalue weighted by molar-refractivity contribution is 0.852. The van der Waals surface area contributed by atoms with Gasteiger partial charge in [-0.2, -0.15) is 0 Å². The molecule has 0 spiro atoms. The SMILES string of the molecule is CCc1ccc(CCI)c(CCCI)n1. The Balaban J connectivity index is 2.83. The van der Waals surface area contributed by atoms with Crippen molar-refractivity contribution in [2.45, 2.75) is 32.6 Å². The zero-order chi connectivity index (χ0) is 11.1. The van der Waals surface area contributed by atoms with Crippen molar-refractivity contribution in [1.82, 2.24) is 4.98 Å². The van der Waals surface area contributed by atoms with Crippen LogP contribution in [0.15, 0.2) is 12.1 Å². The molecule has 0 aliphatic carbocycles. The third-order valence-corrected chi connectivity index (χ3v) is 3.70. The first kappa shape index (κ1) is 13.7. The number of hydrogen-bond donors (Lipinski definition) is 0. The van der Waals surface area contributed by atoms with Crippen molar-refractivity contribution in [1.29, 1.82) is 0 Å². The lowest BCUT2D eigenvalue weighted by atomic mass is 10.1. The zero-order valence-electron chi connectivity index (χ0n) is 9.10. The maximum atomic E-state index is 4.74. The molecule has 1 heterocycles. The molecule has 0 saturated heterocycles. The van der Waals surface area contributed by atoms with E-state index in [2.05, 4.69) is 64.2 Å². The molecule has 0 amide bonds. The van der Waals surface area contributed by atoms with E-state index in [4.69, 9.17) is 4.98 Å². The Morgan fingerprint density at radius 3 is 2.53 bits per heavy atom. The summed E-state index contributed by atoms with van der Waals surface area (Å²) in [4.78, 5) is 4.74. The highest BCUT2D eigenvalue weighted by atomic mass is 127. The molecule has 1 rings (SSSR count). The minimum Gasteiger partial charge on any atom is -0.258 e. The Labute approximate surface area is 120 Å². The van der Waals surface area contributed by atoms with Crippen LogP contribution in [0.1, 0.15) is 30.3 Å². The van der Waals surface area contributed by atoms with Crippen LogP contribution < -0.4 is 0 Å². The normalized spacial score (nSPS) is 10.6. The van der Waals surface area contributed by atoms with Crippen LogP contribution in [-0.2, 0) is 19.3 Å². The van der Waals surface area contributed by atoms with E-state index in [1.54, 1.807) is 0 Å². The van der Waals surface area contributed by atoms with Crippen molar-refractivity contribution in [3.63, 3.8) is 0 Å². The monoisotopic (exact) mass is 429 g/mol. The summed E-state index contributed by atoms with van der Waals surface area (Å²) in [5, 5.41) is 0. The van der Waals surface area contributed by atoms with E-state index in [-0.39, 0.29) is 0 Å². The standard InChI is InChI=1S/C12H17I2N/c1-2-11-6-5-10(7-9-14)12(15-11)4-3-8-13/h5-6H,2-4,7-9H2,1H3. The van der Waals surface area contributed by atoms with Gasteiger partial charge in [-0.05, 0) is 41.7 Å². The van der Waals surface area contributed by atoms with E-state index in [0.717, 1.165) is 19.3 Å². The molecule has 0 unspecified atom stereocenters. The Bertz CT molecular complexity index is 300. The van der Waals surface area contributed by atoms with Crippen molar-refractivity contribution in [3.05, 3.63) is 29.1 Å². The van der Waals surface area contributed by atoms with Gasteiger partial charge in [0.15, 0.2) is 0 Å². The average Bonchev–Trinajstić information content (AvgIpc) is 2.28. The summed E-state index contributed by atoms with van der Waals surface area (Å²) in [6.45, 7) is 2.17. The number of alkyl halides is 2. The van der Waals surface area contributed by atoms with Gasteiger partial charge in [0.05, 0.1) is 0 Å². The van der Waals surface area contributed by atoms with Gasteiger partial charge in [0.1, 0.15) is 0 Å². The molecule has 15 heavy (non-hydrogen) atoms. The first-order valence-electron chi connectivity index (χ1n) is 5.41.